The van der Waals surface area contributed by atoms with E-state index in [4.69, 9.17) is 0 Å². The van der Waals surface area contributed by atoms with Crippen LogP contribution in [0.25, 0.3) is 0 Å². The van der Waals surface area contributed by atoms with Gasteiger partial charge in [0.25, 0.3) is 15.7 Å². The van der Waals surface area contributed by atoms with Crippen molar-refractivity contribution >= 4 is 21.9 Å². The number of nitrogens with zero attached hydrogens (tertiary/aromatic N) is 2. The van der Waals surface area contributed by atoms with Crippen molar-refractivity contribution in [1.29, 1.82) is 0 Å². The summed E-state index contributed by atoms with van der Waals surface area (Å²) in [6.45, 7) is 0. The highest BCUT2D eigenvalue weighted by atomic mass is 32.2. The summed E-state index contributed by atoms with van der Waals surface area (Å²) in [7, 11) is -3.92. The fourth-order valence-corrected chi connectivity index (χ4v) is 2.35. The Balaban J connectivity index is 2.13. The maximum atomic E-state index is 12.8. The first-order valence-electron chi connectivity index (χ1n) is 5.93. The zero-order chi connectivity index (χ0) is 16.2. The van der Waals surface area contributed by atoms with Crippen LogP contribution in [-0.4, -0.2) is 19.6 Å². The van der Waals surface area contributed by atoms with Gasteiger partial charge in [0.15, 0.2) is 0 Å². The van der Waals surface area contributed by atoms with Crippen molar-refractivity contribution in [2.24, 2.45) is 5.10 Å². The zero-order valence-corrected chi connectivity index (χ0v) is 11.8. The molecule has 114 valence electrons. The van der Waals surface area contributed by atoms with Crippen molar-refractivity contribution in [3.05, 3.63) is 70.0 Å². The number of nitrogens with one attached hydrogen (secondary N) is 1. The van der Waals surface area contributed by atoms with Crippen molar-refractivity contribution in [3.8, 4) is 0 Å². The Hall–Kier alpha value is -2.81. The number of nitro groups is 1. The molecular formula is C13H10FN3O4S. The van der Waals surface area contributed by atoms with E-state index in [1.807, 2.05) is 4.83 Å². The second-order valence-corrected chi connectivity index (χ2v) is 5.82. The zero-order valence-electron chi connectivity index (χ0n) is 11.0. The Bertz CT molecular complexity index is 819. The van der Waals surface area contributed by atoms with Crippen molar-refractivity contribution in [3.63, 3.8) is 0 Å². The molecule has 22 heavy (non-hydrogen) atoms. The van der Waals surface area contributed by atoms with Gasteiger partial charge >= 0.3 is 0 Å². The Kier molecular flexibility index (Phi) is 4.47. The van der Waals surface area contributed by atoms with Crippen molar-refractivity contribution in [2.45, 2.75) is 4.90 Å². The molecule has 0 saturated carbocycles. The molecule has 9 heteroatoms. The fourth-order valence-electron chi connectivity index (χ4n) is 1.56. The number of benzene rings is 2. The molecule has 0 heterocycles. The van der Waals surface area contributed by atoms with Gasteiger partial charge in [0.05, 0.1) is 16.0 Å². The van der Waals surface area contributed by atoms with Gasteiger partial charge in [-0.1, -0.05) is 12.1 Å². The molecule has 0 bridgehead atoms. The maximum absolute atomic E-state index is 12.8. The Morgan fingerprint density at radius 3 is 2.50 bits per heavy atom. The third-order valence-corrected chi connectivity index (χ3v) is 3.83. The van der Waals surface area contributed by atoms with Gasteiger partial charge in [0.1, 0.15) is 5.82 Å². The number of hydrazone groups is 1. The van der Waals surface area contributed by atoms with Gasteiger partial charge in [-0.05, 0) is 24.3 Å². The fraction of sp³-hybridized carbons (Fsp3) is 0. The molecule has 2 rings (SSSR count). The quantitative estimate of drug-likeness (QED) is 0.517. The highest BCUT2D eigenvalue weighted by Gasteiger charge is 2.12. The van der Waals surface area contributed by atoms with Crippen molar-refractivity contribution in [2.75, 3.05) is 0 Å². The topological polar surface area (TPSA) is 102 Å². The number of hydrogen-bond donors (Lipinski definition) is 1. The smallest absolute Gasteiger partial charge is 0.258 e. The number of nitro benzene ring substituents is 1. The Morgan fingerprint density at radius 1 is 1.18 bits per heavy atom. The summed E-state index contributed by atoms with van der Waals surface area (Å²) in [5, 5.41) is 14.2. The van der Waals surface area contributed by atoms with E-state index in [2.05, 4.69) is 5.10 Å². The lowest BCUT2D eigenvalue weighted by Crippen LogP contribution is -2.18. The van der Waals surface area contributed by atoms with E-state index in [0.717, 1.165) is 30.5 Å². The average Bonchev–Trinajstić information content (AvgIpc) is 2.48. The molecule has 0 unspecified atom stereocenters. The molecule has 0 aliphatic carbocycles. The molecule has 2 aromatic carbocycles. The van der Waals surface area contributed by atoms with Crippen LogP contribution in [0.2, 0.25) is 0 Å². The summed E-state index contributed by atoms with van der Waals surface area (Å²) in [4.78, 5) is 11.8. The molecule has 0 amide bonds. The van der Waals surface area contributed by atoms with E-state index < -0.39 is 20.8 Å². The van der Waals surface area contributed by atoms with Crippen molar-refractivity contribution < 1.29 is 17.7 Å². The standard InChI is InChI=1S/C13H10FN3O4S/c14-11-4-6-13(7-5-11)22(20,21)16-15-9-10-2-1-3-12(8-10)17(18)19/h1-9,16H/b15-9+. The van der Waals surface area contributed by atoms with Gasteiger partial charge in [-0.3, -0.25) is 10.1 Å². The number of sulfonamides is 1. The largest absolute Gasteiger partial charge is 0.276 e. The molecular weight excluding hydrogens is 313 g/mol. The van der Waals surface area contributed by atoms with Crippen molar-refractivity contribution in [1.82, 2.24) is 4.83 Å². The van der Waals surface area contributed by atoms with Crippen LogP contribution in [0, 0.1) is 15.9 Å². The predicted octanol–water partition coefficient (Wildman–Crippen LogP) is 2.05. The van der Waals surface area contributed by atoms with E-state index >= 15 is 0 Å². The molecule has 0 radical (unpaired) electrons. The Morgan fingerprint density at radius 2 is 1.86 bits per heavy atom. The molecule has 0 fully saturated rings. The third kappa shape index (κ3) is 3.85. The van der Waals surface area contributed by atoms with Crippen LogP contribution in [0.15, 0.2) is 58.5 Å². The summed E-state index contributed by atoms with van der Waals surface area (Å²) in [6.07, 6.45) is 1.13. The van der Waals surface area contributed by atoms with Gasteiger partial charge in [-0.15, -0.1) is 0 Å². The normalized spacial score (nSPS) is 11.5. The van der Waals surface area contributed by atoms with Crippen LogP contribution in [0.3, 0.4) is 0 Å². The first kappa shape index (κ1) is 15.6. The van der Waals surface area contributed by atoms with Crippen LogP contribution in [-0.2, 0) is 10.0 Å². The first-order chi connectivity index (χ1) is 10.4. The summed E-state index contributed by atoms with van der Waals surface area (Å²) in [5.74, 6) is -0.556. The van der Waals surface area contributed by atoms with Crippen LogP contribution in [0.4, 0.5) is 10.1 Å². The maximum Gasteiger partial charge on any atom is 0.276 e. The molecule has 1 N–H and O–H groups in total. The summed E-state index contributed by atoms with van der Waals surface area (Å²) in [6, 6.07) is 9.76. The molecule has 0 atom stereocenters. The lowest BCUT2D eigenvalue weighted by atomic mass is 10.2. The highest BCUT2D eigenvalue weighted by molar-refractivity contribution is 7.89. The van der Waals surface area contributed by atoms with E-state index in [1.54, 1.807) is 0 Å². The number of halogens is 1. The first-order valence-corrected chi connectivity index (χ1v) is 7.42. The molecule has 0 saturated heterocycles. The number of hydrogen-bond acceptors (Lipinski definition) is 5. The minimum absolute atomic E-state index is 0.134. The average molecular weight is 323 g/mol. The van der Waals surface area contributed by atoms with Gasteiger partial charge in [-0.2, -0.15) is 13.5 Å². The van der Waals surface area contributed by atoms with Crippen LogP contribution >= 0.6 is 0 Å². The summed E-state index contributed by atoms with van der Waals surface area (Å²) in [5.41, 5.74) is 0.223. The van der Waals surface area contributed by atoms with Crippen LogP contribution in [0.1, 0.15) is 5.56 Å². The van der Waals surface area contributed by atoms with E-state index in [9.17, 15) is 22.9 Å². The SMILES string of the molecule is O=[N+]([O-])c1cccc(/C=N/NS(=O)(=O)c2ccc(F)cc2)c1. The Labute approximate surface area is 125 Å². The number of non-ortho nitro benzene ring substituents is 1. The molecule has 0 aliphatic rings. The van der Waals surface area contributed by atoms with Gasteiger partial charge in [0, 0.05) is 17.7 Å². The lowest BCUT2D eigenvalue weighted by molar-refractivity contribution is -0.384. The van der Waals surface area contributed by atoms with E-state index in [0.29, 0.717) is 5.56 Å². The highest BCUT2D eigenvalue weighted by Crippen LogP contribution is 2.12. The lowest BCUT2D eigenvalue weighted by Gasteiger charge is -2.02. The third-order valence-electron chi connectivity index (χ3n) is 2.59. The summed E-state index contributed by atoms with van der Waals surface area (Å²) < 4.78 is 36.5. The second-order valence-electron chi connectivity index (χ2n) is 4.16. The number of rotatable bonds is 5. The minimum Gasteiger partial charge on any atom is -0.258 e. The van der Waals surface area contributed by atoms with Gasteiger partial charge < -0.3 is 0 Å². The van der Waals surface area contributed by atoms with Crippen LogP contribution in [0.5, 0.6) is 0 Å². The van der Waals surface area contributed by atoms with Crippen LogP contribution < -0.4 is 4.83 Å². The van der Waals surface area contributed by atoms with Gasteiger partial charge in [-0.25, -0.2) is 9.22 Å². The monoisotopic (exact) mass is 323 g/mol. The van der Waals surface area contributed by atoms with E-state index in [-0.39, 0.29) is 10.6 Å². The molecule has 2 aromatic rings. The molecule has 0 aromatic heterocycles. The molecule has 0 spiro atoms. The van der Waals surface area contributed by atoms with Gasteiger partial charge in [0.2, 0.25) is 0 Å². The van der Waals surface area contributed by atoms with E-state index in [1.165, 1.54) is 24.3 Å². The predicted molar refractivity (Wildman–Crippen MR) is 77.4 cm³/mol. The summed E-state index contributed by atoms with van der Waals surface area (Å²) >= 11 is 0. The minimum atomic E-state index is -3.92. The molecule has 0 aliphatic heterocycles. The second kappa shape index (κ2) is 6.31. The molecule has 7 nitrogen and oxygen atoms in total.